The molecular formula is C17H17FN2O. The summed E-state index contributed by atoms with van der Waals surface area (Å²) in [7, 11) is 0. The van der Waals surface area contributed by atoms with Crippen molar-refractivity contribution >= 4 is 11.0 Å². The Hall–Kier alpha value is -2.20. The third-order valence-corrected chi connectivity index (χ3v) is 3.55. The molecule has 1 unspecified atom stereocenters. The van der Waals surface area contributed by atoms with Crippen molar-refractivity contribution in [3.05, 3.63) is 65.4 Å². The molecule has 0 aliphatic rings. The van der Waals surface area contributed by atoms with E-state index in [1.807, 2.05) is 32.0 Å². The van der Waals surface area contributed by atoms with E-state index in [1.165, 1.54) is 12.1 Å². The molecule has 1 aromatic carbocycles. The second kappa shape index (κ2) is 5.66. The van der Waals surface area contributed by atoms with Crippen LogP contribution < -0.4 is 5.32 Å². The van der Waals surface area contributed by atoms with Crippen LogP contribution in [-0.4, -0.2) is 11.5 Å². The van der Waals surface area contributed by atoms with Crippen LogP contribution in [0.3, 0.4) is 0 Å². The van der Waals surface area contributed by atoms with Crippen LogP contribution in [0.1, 0.15) is 30.0 Å². The highest BCUT2D eigenvalue weighted by molar-refractivity contribution is 5.78. The zero-order valence-corrected chi connectivity index (χ0v) is 12.1. The van der Waals surface area contributed by atoms with E-state index in [-0.39, 0.29) is 11.9 Å². The van der Waals surface area contributed by atoms with Gasteiger partial charge in [0, 0.05) is 17.3 Å². The smallest absolute Gasteiger partial charge is 0.134 e. The van der Waals surface area contributed by atoms with Crippen LogP contribution in [0.25, 0.3) is 11.0 Å². The monoisotopic (exact) mass is 284 g/mol. The van der Waals surface area contributed by atoms with Gasteiger partial charge in [0.15, 0.2) is 0 Å². The van der Waals surface area contributed by atoms with Crippen LogP contribution in [-0.2, 0) is 0 Å². The molecule has 3 nitrogen and oxygen atoms in total. The van der Waals surface area contributed by atoms with Gasteiger partial charge in [-0.05, 0) is 49.4 Å². The molecule has 0 aliphatic heterocycles. The first-order valence-corrected chi connectivity index (χ1v) is 7.03. The number of furan rings is 1. The number of halogens is 1. The number of aromatic nitrogens is 1. The lowest BCUT2D eigenvalue weighted by molar-refractivity contribution is 0.475. The Balaban J connectivity index is 2.09. The summed E-state index contributed by atoms with van der Waals surface area (Å²) in [5.41, 5.74) is 2.71. The van der Waals surface area contributed by atoms with Gasteiger partial charge in [-0.3, -0.25) is 4.98 Å². The van der Waals surface area contributed by atoms with Gasteiger partial charge >= 0.3 is 0 Å². The van der Waals surface area contributed by atoms with E-state index in [9.17, 15) is 4.39 Å². The maximum absolute atomic E-state index is 13.3. The number of hydrogen-bond donors (Lipinski definition) is 1. The zero-order valence-electron chi connectivity index (χ0n) is 12.1. The van der Waals surface area contributed by atoms with Crippen molar-refractivity contribution in [2.45, 2.75) is 19.9 Å². The van der Waals surface area contributed by atoms with Gasteiger partial charge in [-0.25, -0.2) is 4.39 Å². The molecule has 1 N–H and O–H groups in total. The van der Waals surface area contributed by atoms with Crippen molar-refractivity contribution in [1.82, 2.24) is 10.3 Å². The lowest BCUT2D eigenvalue weighted by Gasteiger charge is -2.17. The van der Waals surface area contributed by atoms with E-state index >= 15 is 0 Å². The van der Waals surface area contributed by atoms with Crippen LogP contribution in [0.4, 0.5) is 4.39 Å². The maximum Gasteiger partial charge on any atom is 0.134 e. The quantitative estimate of drug-likeness (QED) is 0.787. The molecule has 21 heavy (non-hydrogen) atoms. The topological polar surface area (TPSA) is 38.1 Å². The van der Waals surface area contributed by atoms with Gasteiger partial charge in [0.2, 0.25) is 0 Å². The van der Waals surface area contributed by atoms with Crippen molar-refractivity contribution in [1.29, 1.82) is 0 Å². The van der Waals surface area contributed by atoms with Crippen molar-refractivity contribution in [2.75, 3.05) is 6.54 Å². The minimum absolute atomic E-state index is 0.0841. The molecule has 0 saturated heterocycles. The molecule has 4 heteroatoms. The molecule has 108 valence electrons. The lowest BCUT2D eigenvalue weighted by Crippen LogP contribution is -2.22. The van der Waals surface area contributed by atoms with Gasteiger partial charge in [0.05, 0.1) is 6.04 Å². The highest BCUT2D eigenvalue weighted by Crippen LogP contribution is 2.29. The average molecular weight is 284 g/mol. The SMILES string of the molecule is CCNC(c1cc2cc(F)ccc2o1)c1cccnc1C. The first-order valence-electron chi connectivity index (χ1n) is 7.03. The molecular weight excluding hydrogens is 267 g/mol. The van der Waals surface area contributed by atoms with Crippen LogP contribution in [0.15, 0.2) is 47.0 Å². The first kappa shape index (κ1) is 13.8. The summed E-state index contributed by atoms with van der Waals surface area (Å²) in [5, 5.41) is 4.18. The number of nitrogens with zero attached hydrogens (tertiary/aromatic N) is 1. The fourth-order valence-corrected chi connectivity index (χ4v) is 2.55. The van der Waals surface area contributed by atoms with Crippen LogP contribution >= 0.6 is 0 Å². The van der Waals surface area contributed by atoms with Crippen molar-refractivity contribution < 1.29 is 8.81 Å². The van der Waals surface area contributed by atoms with Crippen LogP contribution in [0.5, 0.6) is 0 Å². The number of rotatable bonds is 4. The van der Waals surface area contributed by atoms with E-state index < -0.39 is 0 Å². The molecule has 0 radical (unpaired) electrons. The molecule has 0 bridgehead atoms. The normalized spacial score (nSPS) is 12.7. The van der Waals surface area contributed by atoms with Gasteiger partial charge in [-0.1, -0.05) is 13.0 Å². The molecule has 3 aromatic rings. The summed E-state index contributed by atoms with van der Waals surface area (Å²) < 4.78 is 19.2. The molecule has 0 aliphatic carbocycles. The highest BCUT2D eigenvalue weighted by Gasteiger charge is 2.19. The molecule has 2 aromatic heterocycles. The fraction of sp³-hybridized carbons (Fsp3) is 0.235. The molecule has 0 amide bonds. The zero-order chi connectivity index (χ0) is 14.8. The van der Waals surface area contributed by atoms with Gasteiger partial charge in [0.1, 0.15) is 17.2 Å². The van der Waals surface area contributed by atoms with Crippen LogP contribution in [0.2, 0.25) is 0 Å². The van der Waals surface area contributed by atoms with Gasteiger partial charge in [-0.15, -0.1) is 0 Å². The Labute approximate surface area is 122 Å². The highest BCUT2D eigenvalue weighted by atomic mass is 19.1. The van der Waals surface area contributed by atoms with Crippen molar-refractivity contribution in [3.63, 3.8) is 0 Å². The van der Waals surface area contributed by atoms with Crippen LogP contribution in [0, 0.1) is 12.7 Å². The van der Waals surface area contributed by atoms with E-state index in [0.717, 1.165) is 28.9 Å². The summed E-state index contributed by atoms with van der Waals surface area (Å²) in [6, 6.07) is 10.3. The Kier molecular flexibility index (Phi) is 3.71. The third kappa shape index (κ3) is 2.67. The fourth-order valence-electron chi connectivity index (χ4n) is 2.55. The minimum atomic E-state index is -0.257. The summed E-state index contributed by atoms with van der Waals surface area (Å²) in [4.78, 5) is 4.33. The van der Waals surface area contributed by atoms with E-state index in [2.05, 4.69) is 10.3 Å². The number of benzene rings is 1. The molecule has 3 rings (SSSR count). The average Bonchev–Trinajstić information content (AvgIpc) is 2.88. The number of aryl methyl sites for hydroxylation is 1. The molecule has 2 heterocycles. The predicted octanol–water partition coefficient (Wildman–Crippen LogP) is 3.97. The predicted molar refractivity (Wildman–Crippen MR) is 80.7 cm³/mol. The molecule has 1 atom stereocenters. The second-order valence-electron chi connectivity index (χ2n) is 5.00. The first-order chi connectivity index (χ1) is 10.2. The van der Waals surface area contributed by atoms with E-state index in [0.29, 0.717) is 5.58 Å². The van der Waals surface area contributed by atoms with Crippen molar-refractivity contribution in [3.8, 4) is 0 Å². The Morgan fingerprint density at radius 2 is 2.14 bits per heavy atom. The van der Waals surface area contributed by atoms with E-state index in [4.69, 9.17) is 4.42 Å². The summed E-state index contributed by atoms with van der Waals surface area (Å²) in [6.07, 6.45) is 1.77. The van der Waals surface area contributed by atoms with E-state index in [1.54, 1.807) is 12.3 Å². The molecule has 0 saturated carbocycles. The Morgan fingerprint density at radius 1 is 1.29 bits per heavy atom. The number of nitrogens with one attached hydrogen (secondary N) is 1. The van der Waals surface area contributed by atoms with Gasteiger partial charge in [-0.2, -0.15) is 0 Å². The minimum Gasteiger partial charge on any atom is -0.459 e. The maximum atomic E-state index is 13.3. The van der Waals surface area contributed by atoms with Crippen molar-refractivity contribution in [2.24, 2.45) is 0 Å². The number of pyridine rings is 1. The Bertz CT molecular complexity index is 766. The molecule has 0 fully saturated rings. The third-order valence-electron chi connectivity index (χ3n) is 3.55. The van der Waals surface area contributed by atoms with Gasteiger partial charge < -0.3 is 9.73 Å². The standard InChI is InChI=1S/C17H17FN2O/c1-3-19-17(14-5-4-8-20-11(14)2)16-10-12-9-13(18)6-7-15(12)21-16/h4-10,17,19H,3H2,1-2H3. The Morgan fingerprint density at radius 3 is 2.90 bits per heavy atom. The lowest BCUT2D eigenvalue weighted by atomic mass is 10.0. The summed E-state index contributed by atoms with van der Waals surface area (Å²) in [5.74, 6) is 0.515. The molecule has 0 spiro atoms. The number of fused-ring (bicyclic) bond motifs is 1. The van der Waals surface area contributed by atoms with Gasteiger partial charge in [0.25, 0.3) is 0 Å². The number of hydrogen-bond acceptors (Lipinski definition) is 3. The summed E-state index contributed by atoms with van der Waals surface area (Å²) >= 11 is 0. The second-order valence-corrected chi connectivity index (χ2v) is 5.00. The summed E-state index contributed by atoms with van der Waals surface area (Å²) in [6.45, 7) is 4.81. The largest absolute Gasteiger partial charge is 0.459 e.